The first-order chi connectivity index (χ1) is 12.0. The predicted molar refractivity (Wildman–Crippen MR) is 88.7 cm³/mol. The third-order valence-corrected chi connectivity index (χ3v) is 4.18. The first-order valence-corrected chi connectivity index (χ1v) is 8.13. The van der Waals surface area contributed by atoms with Crippen LogP contribution in [0, 0.1) is 5.92 Å². The third-order valence-electron chi connectivity index (χ3n) is 4.18. The molecule has 132 valence electrons. The summed E-state index contributed by atoms with van der Waals surface area (Å²) in [4.78, 5) is 32.1. The lowest BCUT2D eigenvalue weighted by Crippen LogP contribution is -2.34. The van der Waals surface area contributed by atoms with Crippen molar-refractivity contribution < 1.29 is 19.2 Å². The van der Waals surface area contributed by atoms with Crippen molar-refractivity contribution >= 4 is 17.5 Å². The summed E-state index contributed by atoms with van der Waals surface area (Å²) in [6, 6.07) is 6.45. The number of hydrogen-bond donors (Lipinski definition) is 1. The molecule has 1 fully saturated rings. The highest BCUT2D eigenvalue weighted by Gasteiger charge is 2.36. The number of phenols is 1. The van der Waals surface area contributed by atoms with Gasteiger partial charge in [-0.15, -0.1) is 0 Å². The van der Waals surface area contributed by atoms with Gasteiger partial charge in [-0.2, -0.15) is 4.98 Å². The predicted octanol–water partition coefficient (Wildman–Crippen LogP) is 1.35. The van der Waals surface area contributed by atoms with Crippen molar-refractivity contribution in [2.75, 3.05) is 18.5 Å². The summed E-state index contributed by atoms with van der Waals surface area (Å²) in [6.07, 6.45) is 0.784. The minimum atomic E-state index is -0.433. The molecule has 1 atom stereocenters. The van der Waals surface area contributed by atoms with Gasteiger partial charge >= 0.3 is 0 Å². The number of aromatic hydroxyl groups is 1. The molecular weight excluding hydrogens is 324 g/mol. The van der Waals surface area contributed by atoms with E-state index in [9.17, 15) is 14.7 Å². The monoisotopic (exact) mass is 344 g/mol. The number of amides is 2. The zero-order chi connectivity index (χ0) is 18.0. The number of carbonyl (C=O) groups is 2. The molecule has 1 aliphatic rings. The molecule has 8 nitrogen and oxygen atoms in total. The molecule has 1 aromatic carbocycles. The van der Waals surface area contributed by atoms with Crippen LogP contribution in [0.2, 0.25) is 0 Å². The van der Waals surface area contributed by atoms with Crippen LogP contribution in [-0.4, -0.2) is 45.6 Å². The number of rotatable bonds is 5. The Morgan fingerprint density at radius 1 is 1.48 bits per heavy atom. The van der Waals surface area contributed by atoms with Crippen LogP contribution in [0.1, 0.15) is 25.1 Å². The Kier molecular flexibility index (Phi) is 4.69. The van der Waals surface area contributed by atoms with E-state index in [2.05, 4.69) is 10.1 Å². The zero-order valence-corrected chi connectivity index (χ0v) is 14.2. The maximum absolute atomic E-state index is 12.6. The van der Waals surface area contributed by atoms with E-state index in [1.165, 1.54) is 21.9 Å². The molecule has 2 heterocycles. The van der Waals surface area contributed by atoms with E-state index in [-0.39, 0.29) is 37.1 Å². The lowest BCUT2D eigenvalue weighted by molar-refractivity contribution is -0.135. The standard InChI is InChI=1S/C17H20N4O4/c1-3-15-18-14(19-25-15)10-20(2)17(24)11-7-16(23)21(9-11)12-5-4-6-13(22)8-12/h4-6,8,11,22H,3,7,9-10H2,1-2H3/t11-/m0/s1. The minimum Gasteiger partial charge on any atom is -0.508 e. The number of phenolic OH excluding ortho intramolecular Hbond substituents is 1. The molecule has 0 bridgehead atoms. The van der Waals surface area contributed by atoms with Gasteiger partial charge in [0.1, 0.15) is 5.75 Å². The Morgan fingerprint density at radius 2 is 2.28 bits per heavy atom. The highest BCUT2D eigenvalue weighted by molar-refractivity contribution is 6.00. The smallest absolute Gasteiger partial charge is 0.228 e. The third kappa shape index (κ3) is 3.62. The molecule has 0 spiro atoms. The maximum Gasteiger partial charge on any atom is 0.228 e. The van der Waals surface area contributed by atoms with Crippen molar-refractivity contribution in [3.05, 3.63) is 36.0 Å². The Bertz CT molecular complexity index is 788. The van der Waals surface area contributed by atoms with Gasteiger partial charge in [0.2, 0.25) is 17.7 Å². The van der Waals surface area contributed by atoms with Gasteiger partial charge < -0.3 is 19.4 Å². The van der Waals surface area contributed by atoms with E-state index in [0.717, 1.165) is 0 Å². The van der Waals surface area contributed by atoms with Crippen molar-refractivity contribution in [2.24, 2.45) is 5.92 Å². The number of aryl methyl sites for hydroxylation is 1. The van der Waals surface area contributed by atoms with Crippen molar-refractivity contribution in [3.63, 3.8) is 0 Å². The Labute approximate surface area is 145 Å². The second-order valence-corrected chi connectivity index (χ2v) is 6.08. The van der Waals surface area contributed by atoms with E-state index in [1.54, 1.807) is 19.2 Å². The van der Waals surface area contributed by atoms with Crippen LogP contribution in [0.4, 0.5) is 5.69 Å². The van der Waals surface area contributed by atoms with Gasteiger partial charge in [0.05, 0.1) is 12.5 Å². The first-order valence-electron chi connectivity index (χ1n) is 8.13. The number of aromatic nitrogens is 2. The van der Waals surface area contributed by atoms with Crippen LogP contribution in [0.5, 0.6) is 5.75 Å². The van der Waals surface area contributed by atoms with Crippen LogP contribution in [-0.2, 0) is 22.6 Å². The normalized spacial score (nSPS) is 17.1. The van der Waals surface area contributed by atoms with Gasteiger partial charge in [0, 0.05) is 38.2 Å². The molecule has 1 aromatic heterocycles. The molecule has 0 aliphatic carbocycles. The lowest BCUT2D eigenvalue weighted by atomic mass is 10.1. The first kappa shape index (κ1) is 16.9. The fourth-order valence-corrected chi connectivity index (χ4v) is 2.88. The highest BCUT2D eigenvalue weighted by Crippen LogP contribution is 2.28. The lowest BCUT2D eigenvalue weighted by Gasteiger charge is -2.20. The van der Waals surface area contributed by atoms with Crippen LogP contribution >= 0.6 is 0 Å². The van der Waals surface area contributed by atoms with E-state index in [1.807, 2.05) is 6.92 Å². The van der Waals surface area contributed by atoms with Crippen molar-refractivity contribution in [3.8, 4) is 5.75 Å². The molecule has 0 radical (unpaired) electrons. The van der Waals surface area contributed by atoms with Crippen molar-refractivity contribution in [1.82, 2.24) is 15.0 Å². The van der Waals surface area contributed by atoms with Crippen LogP contribution in [0.3, 0.4) is 0 Å². The summed E-state index contributed by atoms with van der Waals surface area (Å²) in [5, 5.41) is 13.4. The maximum atomic E-state index is 12.6. The van der Waals surface area contributed by atoms with E-state index < -0.39 is 5.92 Å². The quantitative estimate of drug-likeness (QED) is 0.879. The van der Waals surface area contributed by atoms with E-state index >= 15 is 0 Å². The van der Waals surface area contributed by atoms with Gasteiger partial charge in [-0.1, -0.05) is 18.1 Å². The van der Waals surface area contributed by atoms with E-state index in [0.29, 0.717) is 23.8 Å². The Balaban J connectivity index is 1.65. The zero-order valence-electron chi connectivity index (χ0n) is 14.2. The number of nitrogens with zero attached hydrogens (tertiary/aromatic N) is 4. The summed E-state index contributed by atoms with van der Waals surface area (Å²) in [5.41, 5.74) is 0.591. The molecule has 1 N–H and O–H groups in total. The van der Waals surface area contributed by atoms with Crippen LogP contribution < -0.4 is 4.90 Å². The summed E-state index contributed by atoms with van der Waals surface area (Å²) in [7, 11) is 1.66. The molecule has 1 aliphatic heterocycles. The van der Waals surface area contributed by atoms with Gasteiger partial charge in [-0.3, -0.25) is 9.59 Å². The summed E-state index contributed by atoms with van der Waals surface area (Å²) in [5.74, 6) is 0.353. The molecule has 2 aromatic rings. The molecule has 25 heavy (non-hydrogen) atoms. The van der Waals surface area contributed by atoms with Gasteiger partial charge in [0.25, 0.3) is 0 Å². The van der Waals surface area contributed by atoms with E-state index in [4.69, 9.17) is 4.52 Å². The fraction of sp³-hybridized carbons (Fsp3) is 0.412. The molecule has 0 saturated carbocycles. The molecule has 2 amide bonds. The average Bonchev–Trinajstić information content (AvgIpc) is 3.20. The Hall–Kier alpha value is -2.90. The molecule has 1 saturated heterocycles. The van der Waals surface area contributed by atoms with Gasteiger partial charge in [-0.25, -0.2) is 0 Å². The number of carbonyl (C=O) groups excluding carboxylic acids is 2. The van der Waals surface area contributed by atoms with Crippen LogP contribution in [0.15, 0.2) is 28.8 Å². The second kappa shape index (κ2) is 6.92. The second-order valence-electron chi connectivity index (χ2n) is 6.08. The largest absolute Gasteiger partial charge is 0.508 e. The summed E-state index contributed by atoms with van der Waals surface area (Å²) in [6.45, 7) is 2.43. The molecule has 3 rings (SSSR count). The average molecular weight is 344 g/mol. The number of anilines is 1. The SMILES string of the molecule is CCc1nc(CN(C)C(=O)[C@H]2CC(=O)N(c3cccc(O)c3)C2)no1. The summed E-state index contributed by atoms with van der Waals surface area (Å²) >= 11 is 0. The summed E-state index contributed by atoms with van der Waals surface area (Å²) < 4.78 is 5.04. The van der Waals surface area contributed by atoms with Crippen LogP contribution in [0.25, 0.3) is 0 Å². The Morgan fingerprint density at radius 3 is 2.96 bits per heavy atom. The highest BCUT2D eigenvalue weighted by atomic mass is 16.5. The van der Waals surface area contributed by atoms with Crippen molar-refractivity contribution in [2.45, 2.75) is 26.3 Å². The van der Waals surface area contributed by atoms with Gasteiger partial charge in [-0.05, 0) is 12.1 Å². The minimum absolute atomic E-state index is 0.0843. The molecule has 8 heteroatoms. The topological polar surface area (TPSA) is 99.8 Å². The number of hydrogen-bond acceptors (Lipinski definition) is 6. The van der Waals surface area contributed by atoms with Gasteiger partial charge in [0.15, 0.2) is 5.82 Å². The fourth-order valence-electron chi connectivity index (χ4n) is 2.88. The number of benzene rings is 1. The van der Waals surface area contributed by atoms with Crippen molar-refractivity contribution in [1.29, 1.82) is 0 Å². The molecular formula is C17H20N4O4. The molecule has 0 unspecified atom stereocenters.